The van der Waals surface area contributed by atoms with Crippen LogP contribution in [-0.2, 0) is 6.54 Å². The summed E-state index contributed by atoms with van der Waals surface area (Å²) in [6.45, 7) is 5.26. The van der Waals surface area contributed by atoms with Gasteiger partial charge in [0.25, 0.3) is 0 Å². The molecule has 0 aliphatic heterocycles. The Morgan fingerprint density at radius 1 is 1.29 bits per heavy atom. The molecule has 0 aliphatic rings. The van der Waals surface area contributed by atoms with Crippen molar-refractivity contribution in [1.29, 1.82) is 0 Å². The molecule has 0 atom stereocenters. The molecule has 1 nitrogen and oxygen atoms in total. The Labute approximate surface area is 96.5 Å². The van der Waals surface area contributed by atoms with Crippen LogP contribution in [0.4, 0.5) is 0 Å². The average Bonchev–Trinajstić information content (AvgIpc) is 2.63. The smallest absolute Gasteiger partial charge is 0.0575 e. The molecule has 0 radical (unpaired) electrons. The molecule has 0 amide bonds. The number of rotatable bonds is 2. The summed E-state index contributed by atoms with van der Waals surface area (Å²) in [5, 5.41) is 2.11. The second kappa shape index (κ2) is 3.91. The van der Waals surface area contributed by atoms with E-state index in [0.717, 1.165) is 6.54 Å². The van der Waals surface area contributed by atoms with Crippen LogP contribution in [0.25, 0.3) is 0 Å². The predicted molar refractivity (Wildman–Crippen MR) is 65.0 cm³/mol. The van der Waals surface area contributed by atoms with Gasteiger partial charge in [-0.15, -0.1) is 11.3 Å². The van der Waals surface area contributed by atoms with E-state index in [2.05, 4.69) is 58.2 Å². The van der Waals surface area contributed by atoms with E-state index in [1.54, 1.807) is 11.3 Å². The van der Waals surface area contributed by atoms with Crippen molar-refractivity contribution in [3.8, 4) is 0 Å². The van der Waals surface area contributed by atoms with E-state index in [-0.39, 0.29) is 0 Å². The standard InChI is InChI=1S/C11H12BrNS/c1-8-5-13(6-9(8)2)7-11-10(12)3-4-14-11/h3-6H,7H2,1-2H3. The number of aryl methyl sites for hydroxylation is 2. The minimum absolute atomic E-state index is 0.965. The summed E-state index contributed by atoms with van der Waals surface area (Å²) in [5.74, 6) is 0. The molecule has 0 saturated heterocycles. The molecule has 74 valence electrons. The molecule has 2 rings (SSSR count). The third-order valence-corrected chi connectivity index (χ3v) is 4.27. The van der Waals surface area contributed by atoms with Gasteiger partial charge >= 0.3 is 0 Å². The zero-order valence-electron chi connectivity index (χ0n) is 8.25. The molecule has 2 heterocycles. The Morgan fingerprint density at radius 2 is 1.93 bits per heavy atom. The van der Waals surface area contributed by atoms with Gasteiger partial charge < -0.3 is 4.57 Å². The molecular formula is C11H12BrNS. The van der Waals surface area contributed by atoms with Crippen LogP contribution in [-0.4, -0.2) is 4.57 Å². The van der Waals surface area contributed by atoms with E-state index in [9.17, 15) is 0 Å². The van der Waals surface area contributed by atoms with Crippen LogP contribution < -0.4 is 0 Å². The van der Waals surface area contributed by atoms with Crippen LogP contribution in [0, 0.1) is 13.8 Å². The maximum absolute atomic E-state index is 3.55. The summed E-state index contributed by atoms with van der Waals surface area (Å²) in [7, 11) is 0. The van der Waals surface area contributed by atoms with Crippen LogP contribution in [0.1, 0.15) is 16.0 Å². The van der Waals surface area contributed by atoms with Crippen molar-refractivity contribution in [1.82, 2.24) is 4.57 Å². The van der Waals surface area contributed by atoms with Crippen molar-refractivity contribution in [3.63, 3.8) is 0 Å². The fourth-order valence-electron chi connectivity index (χ4n) is 1.43. The van der Waals surface area contributed by atoms with Crippen LogP contribution in [0.3, 0.4) is 0 Å². The quantitative estimate of drug-likeness (QED) is 0.778. The minimum Gasteiger partial charge on any atom is -0.349 e. The summed E-state index contributed by atoms with van der Waals surface area (Å²) < 4.78 is 3.45. The van der Waals surface area contributed by atoms with E-state index in [1.807, 2.05) is 0 Å². The second-order valence-corrected chi connectivity index (χ2v) is 5.34. The first-order chi connectivity index (χ1) is 6.66. The van der Waals surface area contributed by atoms with E-state index < -0.39 is 0 Å². The molecule has 0 bridgehead atoms. The highest BCUT2D eigenvalue weighted by atomic mass is 79.9. The SMILES string of the molecule is Cc1cn(Cc2sccc2Br)cc1C. The fraction of sp³-hybridized carbons (Fsp3) is 0.273. The van der Waals surface area contributed by atoms with E-state index in [0.29, 0.717) is 0 Å². The van der Waals surface area contributed by atoms with Crippen LogP contribution >= 0.6 is 27.3 Å². The molecule has 0 spiro atoms. The van der Waals surface area contributed by atoms with Crippen molar-refractivity contribution in [3.05, 3.63) is 44.3 Å². The van der Waals surface area contributed by atoms with Gasteiger partial charge in [0.1, 0.15) is 0 Å². The normalized spacial score (nSPS) is 10.8. The molecule has 2 aromatic heterocycles. The van der Waals surface area contributed by atoms with Gasteiger partial charge in [-0.1, -0.05) is 0 Å². The van der Waals surface area contributed by atoms with Crippen LogP contribution in [0.15, 0.2) is 28.3 Å². The molecule has 0 fully saturated rings. The Hall–Kier alpha value is -0.540. The maximum Gasteiger partial charge on any atom is 0.0575 e. The highest BCUT2D eigenvalue weighted by molar-refractivity contribution is 9.10. The molecule has 0 saturated carbocycles. The summed E-state index contributed by atoms with van der Waals surface area (Å²) in [6.07, 6.45) is 4.39. The molecule has 14 heavy (non-hydrogen) atoms. The van der Waals surface area contributed by atoms with Crippen molar-refractivity contribution in [2.45, 2.75) is 20.4 Å². The number of thiophene rings is 1. The molecule has 0 N–H and O–H groups in total. The van der Waals surface area contributed by atoms with Crippen molar-refractivity contribution < 1.29 is 0 Å². The average molecular weight is 270 g/mol. The monoisotopic (exact) mass is 269 g/mol. The van der Waals surface area contributed by atoms with Gasteiger partial charge in [0, 0.05) is 21.7 Å². The highest BCUT2D eigenvalue weighted by Gasteiger charge is 2.03. The fourth-order valence-corrected chi connectivity index (χ4v) is 2.92. The summed E-state index contributed by atoms with van der Waals surface area (Å²) in [4.78, 5) is 1.38. The zero-order valence-corrected chi connectivity index (χ0v) is 10.7. The summed E-state index contributed by atoms with van der Waals surface area (Å²) in [5.41, 5.74) is 2.72. The number of hydrogen-bond acceptors (Lipinski definition) is 1. The van der Waals surface area contributed by atoms with Gasteiger partial charge in [-0.05, 0) is 52.4 Å². The molecule has 3 heteroatoms. The van der Waals surface area contributed by atoms with Gasteiger partial charge in [-0.25, -0.2) is 0 Å². The number of nitrogens with zero attached hydrogens (tertiary/aromatic N) is 1. The van der Waals surface area contributed by atoms with Gasteiger partial charge in [0.05, 0.1) is 6.54 Å². The second-order valence-electron chi connectivity index (χ2n) is 3.49. The van der Waals surface area contributed by atoms with E-state index >= 15 is 0 Å². The molecule has 0 aromatic carbocycles. The summed E-state index contributed by atoms with van der Waals surface area (Å²) >= 11 is 5.34. The Balaban J connectivity index is 2.23. The Bertz CT molecular complexity index is 422. The molecular weight excluding hydrogens is 258 g/mol. The summed E-state index contributed by atoms with van der Waals surface area (Å²) in [6, 6.07) is 2.10. The molecule has 2 aromatic rings. The van der Waals surface area contributed by atoms with Crippen molar-refractivity contribution in [2.24, 2.45) is 0 Å². The first kappa shape index (κ1) is 9.99. The van der Waals surface area contributed by atoms with Gasteiger partial charge in [0.15, 0.2) is 0 Å². The van der Waals surface area contributed by atoms with Crippen molar-refractivity contribution in [2.75, 3.05) is 0 Å². The lowest BCUT2D eigenvalue weighted by Crippen LogP contribution is -1.93. The Morgan fingerprint density at radius 3 is 2.43 bits per heavy atom. The number of halogens is 1. The lowest BCUT2D eigenvalue weighted by atomic mass is 10.2. The largest absolute Gasteiger partial charge is 0.349 e. The first-order valence-electron chi connectivity index (χ1n) is 4.51. The topological polar surface area (TPSA) is 4.93 Å². The lowest BCUT2D eigenvalue weighted by Gasteiger charge is -2.00. The minimum atomic E-state index is 0.965. The van der Waals surface area contributed by atoms with Crippen molar-refractivity contribution >= 4 is 27.3 Å². The molecule has 0 aliphatic carbocycles. The highest BCUT2D eigenvalue weighted by Crippen LogP contribution is 2.24. The van der Waals surface area contributed by atoms with Gasteiger partial charge in [0.2, 0.25) is 0 Å². The third-order valence-electron chi connectivity index (χ3n) is 2.36. The van der Waals surface area contributed by atoms with Crippen LogP contribution in [0.5, 0.6) is 0 Å². The number of aromatic nitrogens is 1. The Kier molecular flexibility index (Phi) is 2.79. The lowest BCUT2D eigenvalue weighted by molar-refractivity contribution is 0.813. The van der Waals surface area contributed by atoms with E-state index in [1.165, 1.54) is 20.5 Å². The maximum atomic E-state index is 3.55. The zero-order chi connectivity index (χ0) is 10.1. The van der Waals surface area contributed by atoms with Crippen LogP contribution in [0.2, 0.25) is 0 Å². The van der Waals surface area contributed by atoms with Gasteiger partial charge in [-0.3, -0.25) is 0 Å². The third kappa shape index (κ3) is 1.93. The van der Waals surface area contributed by atoms with E-state index in [4.69, 9.17) is 0 Å². The molecule has 0 unspecified atom stereocenters. The predicted octanol–water partition coefficient (Wildman–Crippen LogP) is 3.98. The first-order valence-corrected chi connectivity index (χ1v) is 6.19. The van der Waals surface area contributed by atoms with Gasteiger partial charge in [-0.2, -0.15) is 0 Å². The number of hydrogen-bond donors (Lipinski definition) is 0.